The van der Waals surface area contributed by atoms with Crippen LogP contribution in [-0.4, -0.2) is 31.6 Å². The van der Waals surface area contributed by atoms with E-state index in [1.54, 1.807) is 5.19 Å². The molecule has 1 aliphatic rings. The van der Waals surface area contributed by atoms with Crippen molar-refractivity contribution in [3.8, 4) is 0 Å². The third kappa shape index (κ3) is 2.68. The maximum absolute atomic E-state index is 4.43. The molecule has 0 aliphatic carbocycles. The number of aromatic nitrogens is 1. The number of nitrogens with zero attached hydrogens (tertiary/aromatic N) is 2. The molecule has 110 valence electrons. The summed E-state index contributed by atoms with van der Waals surface area (Å²) in [5, 5.41) is 3.04. The summed E-state index contributed by atoms with van der Waals surface area (Å²) < 4.78 is 0. The van der Waals surface area contributed by atoms with E-state index < -0.39 is 8.07 Å². The third-order valence-corrected chi connectivity index (χ3v) is 8.48. The second-order valence-corrected chi connectivity index (χ2v) is 11.0. The molecule has 3 rings (SSSR count). The van der Waals surface area contributed by atoms with Crippen LogP contribution in [-0.2, 0) is 0 Å². The van der Waals surface area contributed by atoms with Crippen molar-refractivity contribution in [1.29, 1.82) is 0 Å². The quantitative estimate of drug-likeness (QED) is 0.810. The lowest BCUT2D eigenvalue weighted by atomic mass is 10.1. The molecular formula is C18H24N2Si. The Balaban J connectivity index is 2.06. The van der Waals surface area contributed by atoms with Gasteiger partial charge in [-0.05, 0) is 43.3 Å². The van der Waals surface area contributed by atoms with E-state index in [1.807, 2.05) is 6.20 Å². The Hall–Kier alpha value is -1.45. The second-order valence-electron chi connectivity index (χ2n) is 6.59. The molecule has 3 heteroatoms. The van der Waals surface area contributed by atoms with E-state index in [0.29, 0.717) is 6.04 Å². The van der Waals surface area contributed by atoms with Gasteiger partial charge in [-0.3, -0.25) is 9.88 Å². The highest BCUT2D eigenvalue weighted by molar-refractivity contribution is 7.00. The molecule has 1 fully saturated rings. The fourth-order valence-electron chi connectivity index (χ4n) is 3.55. The molecule has 0 bridgehead atoms. The summed E-state index contributed by atoms with van der Waals surface area (Å²) in [4.78, 5) is 6.91. The molecule has 0 amide bonds. The van der Waals surface area contributed by atoms with Gasteiger partial charge in [-0.15, -0.1) is 0 Å². The first kappa shape index (κ1) is 14.5. The molecule has 2 nitrogen and oxygen atoms in total. The average molecular weight is 296 g/mol. The van der Waals surface area contributed by atoms with Crippen molar-refractivity contribution in [2.45, 2.75) is 32.0 Å². The van der Waals surface area contributed by atoms with Crippen molar-refractivity contribution in [3.05, 3.63) is 54.4 Å². The first-order valence-electron chi connectivity index (χ1n) is 7.81. The van der Waals surface area contributed by atoms with Gasteiger partial charge in [-0.1, -0.05) is 48.6 Å². The lowest BCUT2D eigenvalue weighted by Crippen LogP contribution is -2.54. The first-order chi connectivity index (χ1) is 10.1. The summed E-state index contributed by atoms with van der Waals surface area (Å²) in [6, 6.07) is 13.8. The number of hydrogen-bond acceptors (Lipinski definition) is 2. The molecule has 0 saturated carbocycles. The largest absolute Gasteiger partial charge is 0.299 e. The molecule has 2 aromatic rings. The van der Waals surface area contributed by atoms with Crippen LogP contribution in [0.15, 0.2) is 48.8 Å². The molecule has 1 saturated heterocycles. The zero-order valence-corrected chi connectivity index (χ0v) is 14.2. The fraction of sp³-hybridized carbons (Fsp3) is 0.389. The van der Waals surface area contributed by atoms with Gasteiger partial charge in [-0.25, -0.2) is 0 Å². The van der Waals surface area contributed by atoms with Gasteiger partial charge in [-0.2, -0.15) is 0 Å². The molecule has 0 spiro atoms. The summed E-state index contributed by atoms with van der Waals surface area (Å²) in [6.45, 7) is 6.11. The van der Waals surface area contributed by atoms with Gasteiger partial charge in [0.25, 0.3) is 0 Å². The highest BCUT2D eigenvalue weighted by Crippen LogP contribution is 2.29. The van der Waals surface area contributed by atoms with Crippen LogP contribution < -0.4 is 10.4 Å². The van der Waals surface area contributed by atoms with Gasteiger partial charge >= 0.3 is 0 Å². The van der Waals surface area contributed by atoms with E-state index in [0.717, 1.165) is 0 Å². The van der Waals surface area contributed by atoms with Crippen LogP contribution in [0.5, 0.6) is 0 Å². The Morgan fingerprint density at radius 3 is 2.57 bits per heavy atom. The Labute approximate surface area is 128 Å². The lowest BCUT2D eigenvalue weighted by Gasteiger charge is -2.30. The van der Waals surface area contributed by atoms with Gasteiger partial charge in [0.2, 0.25) is 0 Å². The van der Waals surface area contributed by atoms with E-state index in [-0.39, 0.29) is 0 Å². The van der Waals surface area contributed by atoms with Gasteiger partial charge in [0.1, 0.15) is 8.07 Å². The van der Waals surface area contributed by atoms with Crippen molar-refractivity contribution in [2.75, 3.05) is 13.6 Å². The number of hydrogen-bond donors (Lipinski definition) is 0. The molecule has 1 aromatic heterocycles. The van der Waals surface area contributed by atoms with E-state index >= 15 is 0 Å². The first-order valence-corrected chi connectivity index (χ1v) is 10.8. The maximum atomic E-state index is 4.43. The number of likely N-dealkylation sites (tertiary alicyclic amines) is 1. The lowest BCUT2D eigenvalue weighted by molar-refractivity contribution is 0.318. The van der Waals surface area contributed by atoms with Crippen LogP contribution in [0, 0.1) is 0 Å². The number of benzene rings is 1. The highest BCUT2D eigenvalue weighted by Gasteiger charge is 2.33. The summed E-state index contributed by atoms with van der Waals surface area (Å²) in [5.41, 5.74) is 1.46. The fourth-order valence-corrected chi connectivity index (χ4v) is 6.34. The number of pyridine rings is 1. The Morgan fingerprint density at radius 1 is 1.14 bits per heavy atom. The van der Waals surface area contributed by atoms with E-state index in [4.69, 9.17) is 0 Å². The van der Waals surface area contributed by atoms with Gasteiger partial charge in [0, 0.05) is 18.4 Å². The second kappa shape index (κ2) is 5.74. The SMILES string of the molecule is CN1CCC[C@H]1c1cnccc1[Si](C)(C)c1ccccc1. The van der Waals surface area contributed by atoms with Crippen LogP contribution >= 0.6 is 0 Å². The topological polar surface area (TPSA) is 16.1 Å². The zero-order chi connectivity index (χ0) is 14.9. The van der Waals surface area contributed by atoms with Gasteiger partial charge < -0.3 is 0 Å². The van der Waals surface area contributed by atoms with Gasteiger partial charge in [0.05, 0.1) is 0 Å². The Bertz CT molecular complexity index is 610. The average Bonchev–Trinajstić information content (AvgIpc) is 2.94. The monoisotopic (exact) mass is 296 g/mol. The predicted molar refractivity (Wildman–Crippen MR) is 92.0 cm³/mol. The molecule has 0 N–H and O–H groups in total. The van der Waals surface area contributed by atoms with Crippen molar-refractivity contribution in [3.63, 3.8) is 0 Å². The van der Waals surface area contributed by atoms with Crippen molar-refractivity contribution < 1.29 is 0 Å². The summed E-state index contributed by atoms with van der Waals surface area (Å²) >= 11 is 0. The van der Waals surface area contributed by atoms with Crippen LogP contribution in [0.1, 0.15) is 24.4 Å². The molecule has 0 radical (unpaired) electrons. The minimum atomic E-state index is -1.66. The molecule has 1 aromatic carbocycles. The molecule has 2 heterocycles. The summed E-state index contributed by atoms with van der Waals surface area (Å²) in [5.74, 6) is 0. The molecular weight excluding hydrogens is 272 g/mol. The minimum Gasteiger partial charge on any atom is -0.299 e. The van der Waals surface area contributed by atoms with Crippen LogP contribution in [0.4, 0.5) is 0 Å². The van der Waals surface area contributed by atoms with E-state index in [2.05, 4.69) is 72.6 Å². The Morgan fingerprint density at radius 2 is 1.90 bits per heavy atom. The smallest absolute Gasteiger partial charge is 0.112 e. The van der Waals surface area contributed by atoms with Crippen LogP contribution in [0.25, 0.3) is 0 Å². The van der Waals surface area contributed by atoms with Gasteiger partial charge in [0.15, 0.2) is 0 Å². The third-order valence-electron chi connectivity index (χ3n) is 4.90. The standard InChI is InChI=1S/C18H24N2Si/c1-20-13-7-10-17(20)16-14-19-12-11-18(16)21(2,3)15-8-5-4-6-9-15/h4-6,8-9,11-12,14,17H,7,10,13H2,1-3H3/t17-/m0/s1. The minimum absolute atomic E-state index is 0.546. The molecule has 0 unspecified atom stereocenters. The van der Waals surface area contributed by atoms with Crippen molar-refractivity contribution in [1.82, 2.24) is 9.88 Å². The van der Waals surface area contributed by atoms with E-state index in [1.165, 1.54) is 30.1 Å². The highest BCUT2D eigenvalue weighted by atomic mass is 28.3. The molecule has 1 aliphatic heterocycles. The predicted octanol–water partition coefficient (Wildman–Crippen LogP) is 2.67. The van der Waals surface area contributed by atoms with Crippen LogP contribution in [0.2, 0.25) is 13.1 Å². The molecule has 21 heavy (non-hydrogen) atoms. The van der Waals surface area contributed by atoms with Crippen LogP contribution in [0.3, 0.4) is 0 Å². The normalized spacial score (nSPS) is 19.9. The Kier molecular flexibility index (Phi) is 3.96. The van der Waals surface area contributed by atoms with Crippen molar-refractivity contribution in [2.24, 2.45) is 0 Å². The van der Waals surface area contributed by atoms with Crippen molar-refractivity contribution >= 4 is 18.4 Å². The summed E-state index contributed by atoms with van der Waals surface area (Å²) in [7, 11) is 0.578. The molecule has 1 atom stereocenters. The zero-order valence-electron chi connectivity index (χ0n) is 13.2. The van der Waals surface area contributed by atoms with E-state index in [9.17, 15) is 0 Å². The summed E-state index contributed by atoms with van der Waals surface area (Å²) in [6.07, 6.45) is 6.63. The number of rotatable bonds is 3. The maximum Gasteiger partial charge on any atom is 0.112 e.